The highest BCUT2D eigenvalue weighted by Gasteiger charge is 2.60. The summed E-state index contributed by atoms with van der Waals surface area (Å²) in [4.78, 5) is 27.8. The molecule has 0 saturated heterocycles. The number of para-hydroxylation sites is 1. The van der Waals surface area contributed by atoms with Gasteiger partial charge in [0.1, 0.15) is 5.66 Å². The maximum atomic E-state index is 12.9. The number of carbonyl (C=O) groups is 2. The fraction of sp³-hybridized carbons (Fsp3) is 0.636. The predicted molar refractivity (Wildman–Crippen MR) is 110 cm³/mol. The standard InChI is InChI=1S/C22H32N4O2/c1-21-10-9-15(13-17(21)20(28)23-11-6-12-26(2)3)22(14-21)24-18-8-5-4-7-16(18)19(27)25-22/h4-5,7-8,15,17,24H,6,9-14H2,1-3H3,(H,23,28)(H,25,27)/t15-,17+,21-,22-/m0/s1. The molecule has 1 aromatic rings. The third kappa shape index (κ3) is 3.28. The molecule has 6 heteroatoms. The van der Waals surface area contributed by atoms with E-state index in [2.05, 4.69) is 27.8 Å². The minimum absolute atomic E-state index is 0.00446. The van der Waals surface area contributed by atoms with Crippen LogP contribution in [0.15, 0.2) is 24.3 Å². The lowest BCUT2D eigenvalue weighted by Crippen LogP contribution is -2.70. The topological polar surface area (TPSA) is 73.5 Å². The van der Waals surface area contributed by atoms with Crippen LogP contribution in [0.1, 0.15) is 49.4 Å². The Morgan fingerprint density at radius 1 is 1.29 bits per heavy atom. The molecule has 0 aromatic heterocycles. The molecule has 0 unspecified atom stereocenters. The van der Waals surface area contributed by atoms with Crippen LogP contribution >= 0.6 is 0 Å². The summed E-state index contributed by atoms with van der Waals surface area (Å²) in [5, 5.41) is 10.1. The van der Waals surface area contributed by atoms with Crippen LogP contribution in [0.4, 0.5) is 5.69 Å². The Hall–Kier alpha value is -2.08. The fourth-order valence-electron chi connectivity index (χ4n) is 5.58. The fourth-order valence-corrected chi connectivity index (χ4v) is 5.58. The molecule has 5 rings (SSSR count). The van der Waals surface area contributed by atoms with Gasteiger partial charge in [0, 0.05) is 24.1 Å². The first-order valence-corrected chi connectivity index (χ1v) is 10.5. The van der Waals surface area contributed by atoms with Gasteiger partial charge in [-0.2, -0.15) is 0 Å². The SMILES string of the molecule is CN(C)CCCNC(=O)[C@H]1C[C@@H]2CC[C@@]1(C)C[C@]21NC(=O)c2ccccc2N1. The van der Waals surface area contributed by atoms with Crippen LogP contribution < -0.4 is 16.0 Å². The Balaban J connectivity index is 1.48. The zero-order valence-corrected chi connectivity index (χ0v) is 17.2. The number of hydrogen-bond acceptors (Lipinski definition) is 4. The molecule has 152 valence electrons. The van der Waals surface area contributed by atoms with Crippen LogP contribution in [0, 0.1) is 17.3 Å². The van der Waals surface area contributed by atoms with E-state index in [9.17, 15) is 9.59 Å². The number of rotatable bonds is 5. The lowest BCUT2D eigenvalue weighted by molar-refractivity contribution is -0.139. The first kappa shape index (κ1) is 19.2. The van der Waals surface area contributed by atoms with E-state index < -0.39 is 5.66 Å². The Bertz CT molecular complexity index is 780. The third-order valence-corrected chi connectivity index (χ3v) is 7.07. The Morgan fingerprint density at radius 3 is 2.82 bits per heavy atom. The van der Waals surface area contributed by atoms with Gasteiger partial charge in [0.2, 0.25) is 5.91 Å². The molecule has 2 bridgehead atoms. The zero-order valence-electron chi connectivity index (χ0n) is 17.2. The summed E-state index contributed by atoms with van der Waals surface area (Å²) in [6.07, 6.45) is 4.65. The highest BCUT2D eigenvalue weighted by molar-refractivity contribution is 6.02. The summed E-state index contributed by atoms with van der Waals surface area (Å²) in [6, 6.07) is 7.70. The van der Waals surface area contributed by atoms with E-state index in [1.165, 1.54) is 0 Å². The van der Waals surface area contributed by atoms with Crippen molar-refractivity contribution in [2.45, 2.75) is 44.7 Å². The maximum Gasteiger partial charge on any atom is 0.255 e. The van der Waals surface area contributed by atoms with Crippen molar-refractivity contribution in [3.63, 3.8) is 0 Å². The molecule has 2 amide bonds. The van der Waals surface area contributed by atoms with Crippen LogP contribution in [-0.4, -0.2) is 49.6 Å². The first-order valence-electron chi connectivity index (χ1n) is 10.5. The molecule has 3 fully saturated rings. The van der Waals surface area contributed by atoms with E-state index >= 15 is 0 Å². The van der Waals surface area contributed by atoms with Gasteiger partial charge in [-0.1, -0.05) is 19.1 Å². The largest absolute Gasteiger partial charge is 0.362 e. The van der Waals surface area contributed by atoms with Gasteiger partial charge < -0.3 is 20.9 Å². The van der Waals surface area contributed by atoms with E-state index in [-0.39, 0.29) is 29.1 Å². The number of fused-ring (bicyclic) bond motifs is 3. The Kier molecular flexibility index (Phi) is 4.86. The van der Waals surface area contributed by atoms with Gasteiger partial charge in [0.05, 0.1) is 5.56 Å². The molecule has 4 aliphatic rings. The van der Waals surface area contributed by atoms with Crippen molar-refractivity contribution in [3.8, 4) is 0 Å². The van der Waals surface area contributed by atoms with Gasteiger partial charge in [0.25, 0.3) is 5.91 Å². The molecular weight excluding hydrogens is 352 g/mol. The van der Waals surface area contributed by atoms with Gasteiger partial charge in [-0.25, -0.2) is 0 Å². The minimum atomic E-state index is -0.430. The van der Waals surface area contributed by atoms with E-state index in [1.54, 1.807) is 0 Å². The van der Waals surface area contributed by atoms with Crippen molar-refractivity contribution in [1.29, 1.82) is 0 Å². The average molecular weight is 385 g/mol. The van der Waals surface area contributed by atoms with E-state index in [1.807, 2.05) is 38.4 Å². The second-order valence-electron chi connectivity index (χ2n) is 9.40. The quantitative estimate of drug-likeness (QED) is 0.682. The molecule has 6 nitrogen and oxygen atoms in total. The molecule has 0 radical (unpaired) electrons. The van der Waals surface area contributed by atoms with Crippen LogP contribution in [0.5, 0.6) is 0 Å². The number of amides is 2. The molecule has 1 aliphatic heterocycles. The lowest BCUT2D eigenvalue weighted by atomic mass is 9.51. The second-order valence-corrected chi connectivity index (χ2v) is 9.40. The van der Waals surface area contributed by atoms with Gasteiger partial charge in [-0.3, -0.25) is 9.59 Å². The van der Waals surface area contributed by atoms with Gasteiger partial charge in [0.15, 0.2) is 0 Å². The number of carbonyl (C=O) groups excluding carboxylic acids is 2. The highest BCUT2D eigenvalue weighted by Crippen LogP contribution is 2.58. The molecule has 3 aliphatic carbocycles. The number of benzene rings is 1. The van der Waals surface area contributed by atoms with Gasteiger partial charge >= 0.3 is 0 Å². The molecule has 4 atom stereocenters. The third-order valence-electron chi connectivity index (χ3n) is 7.07. The first-order chi connectivity index (χ1) is 13.3. The molecule has 28 heavy (non-hydrogen) atoms. The number of nitrogens with zero attached hydrogens (tertiary/aromatic N) is 1. The van der Waals surface area contributed by atoms with E-state index in [4.69, 9.17) is 0 Å². The van der Waals surface area contributed by atoms with Gasteiger partial charge in [-0.15, -0.1) is 0 Å². The molecule has 1 spiro atoms. The summed E-state index contributed by atoms with van der Waals surface area (Å²) < 4.78 is 0. The summed E-state index contributed by atoms with van der Waals surface area (Å²) in [7, 11) is 4.10. The molecule has 3 N–H and O–H groups in total. The van der Waals surface area contributed by atoms with Crippen molar-refractivity contribution in [1.82, 2.24) is 15.5 Å². The van der Waals surface area contributed by atoms with Crippen molar-refractivity contribution < 1.29 is 9.59 Å². The Labute approximate surface area is 167 Å². The minimum Gasteiger partial charge on any atom is -0.362 e. The van der Waals surface area contributed by atoms with Gasteiger partial charge in [-0.05, 0) is 70.3 Å². The monoisotopic (exact) mass is 384 g/mol. The molecular formula is C22H32N4O2. The average Bonchev–Trinajstić information content (AvgIpc) is 2.64. The summed E-state index contributed by atoms with van der Waals surface area (Å²) >= 11 is 0. The highest BCUT2D eigenvalue weighted by atomic mass is 16.2. The van der Waals surface area contributed by atoms with Crippen molar-refractivity contribution >= 4 is 17.5 Å². The maximum absolute atomic E-state index is 12.9. The smallest absolute Gasteiger partial charge is 0.255 e. The summed E-state index contributed by atoms with van der Waals surface area (Å²) in [6.45, 7) is 3.92. The number of hydrogen-bond donors (Lipinski definition) is 3. The molecule has 1 aromatic carbocycles. The predicted octanol–water partition coefficient (Wildman–Crippen LogP) is 2.43. The van der Waals surface area contributed by atoms with E-state index in [0.29, 0.717) is 5.56 Å². The van der Waals surface area contributed by atoms with Crippen LogP contribution in [0.25, 0.3) is 0 Å². The molecule has 1 heterocycles. The van der Waals surface area contributed by atoms with E-state index in [0.717, 1.165) is 50.9 Å². The van der Waals surface area contributed by atoms with Crippen LogP contribution in [0.3, 0.4) is 0 Å². The lowest BCUT2D eigenvalue weighted by Gasteiger charge is -2.60. The zero-order chi connectivity index (χ0) is 19.9. The number of anilines is 1. The van der Waals surface area contributed by atoms with Crippen molar-refractivity contribution in [3.05, 3.63) is 29.8 Å². The normalized spacial score (nSPS) is 33.4. The Morgan fingerprint density at radius 2 is 2.07 bits per heavy atom. The summed E-state index contributed by atoms with van der Waals surface area (Å²) in [5.74, 6) is 0.467. The number of nitrogens with one attached hydrogen (secondary N) is 3. The van der Waals surface area contributed by atoms with Crippen molar-refractivity contribution in [2.24, 2.45) is 17.3 Å². The second kappa shape index (κ2) is 7.07. The van der Waals surface area contributed by atoms with Crippen LogP contribution in [0.2, 0.25) is 0 Å². The summed E-state index contributed by atoms with van der Waals surface area (Å²) in [5.41, 5.74) is 1.08. The van der Waals surface area contributed by atoms with Crippen molar-refractivity contribution in [2.75, 3.05) is 32.5 Å². The van der Waals surface area contributed by atoms with Crippen LogP contribution in [-0.2, 0) is 4.79 Å². The molecule has 3 saturated carbocycles.